The molecule has 1 aromatic carbocycles. The second kappa shape index (κ2) is 12.0. The predicted octanol–water partition coefficient (Wildman–Crippen LogP) is 5.64. The van der Waals surface area contributed by atoms with Crippen LogP contribution in [0.5, 0.6) is 11.5 Å². The second-order valence-electron chi connectivity index (χ2n) is 11.2. The highest BCUT2D eigenvalue weighted by atomic mass is 16.5. The summed E-state index contributed by atoms with van der Waals surface area (Å²) >= 11 is 0. The number of phenols is 2. The number of ketones is 1. The van der Waals surface area contributed by atoms with Crippen LogP contribution < -0.4 is 5.73 Å². The van der Waals surface area contributed by atoms with Crippen LogP contribution in [0.3, 0.4) is 0 Å². The average molecular weight is 452 g/mol. The maximum atomic E-state index is 12.4. The van der Waals surface area contributed by atoms with E-state index in [1.807, 2.05) is 0 Å². The molecule has 4 N–H and O–H groups in total. The monoisotopic (exact) mass is 451 g/mol. The molecule has 6 nitrogen and oxygen atoms in total. The van der Waals surface area contributed by atoms with Gasteiger partial charge in [-0.05, 0) is 72.1 Å². The molecule has 0 amide bonds. The zero-order chi connectivity index (χ0) is 24.6. The van der Waals surface area contributed by atoms with Gasteiger partial charge in [0.05, 0.1) is 30.5 Å². The summed E-state index contributed by atoms with van der Waals surface area (Å²) < 4.78 is 12.2. The van der Waals surface area contributed by atoms with Gasteiger partial charge in [0.25, 0.3) is 0 Å². The molecule has 1 rings (SSSR count). The van der Waals surface area contributed by atoms with Crippen LogP contribution in [-0.4, -0.2) is 40.4 Å². The highest BCUT2D eigenvalue weighted by Crippen LogP contribution is 2.30. The summed E-state index contributed by atoms with van der Waals surface area (Å²) in [6.07, 6.45) is 5.21. The summed E-state index contributed by atoms with van der Waals surface area (Å²) in [6, 6.07) is 3.48. The third-order valence-corrected chi connectivity index (χ3v) is 5.37. The highest BCUT2D eigenvalue weighted by molar-refractivity contribution is 5.85. The van der Waals surface area contributed by atoms with Crippen LogP contribution in [0, 0.1) is 5.41 Å². The molecular formula is C26H45NO5. The van der Waals surface area contributed by atoms with Gasteiger partial charge in [-0.2, -0.15) is 0 Å². The molecule has 0 aliphatic heterocycles. The molecule has 0 aromatic heterocycles. The zero-order valence-corrected chi connectivity index (χ0v) is 21.2. The van der Waals surface area contributed by atoms with Crippen LogP contribution >= 0.6 is 0 Å². The van der Waals surface area contributed by atoms with Crippen LogP contribution in [0.25, 0.3) is 0 Å². The molecule has 1 aromatic rings. The lowest BCUT2D eigenvalue weighted by atomic mass is 9.85. The second-order valence-corrected chi connectivity index (χ2v) is 11.2. The van der Waals surface area contributed by atoms with Crippen molar-refractivity contribution in [3.8, 4) is 11.5 Å². The Balaban J connectivity index is 2.43. The van der Waals surface area contributed by atoms with Gasteiger partial charge in [-0.1, -0.05) is 32.3 Å². The van der Waals surface area contributed by atoms with Gasteiger partial charge in [0.2, 0.25) is 0 Å². The van der Waals surface area contributed by atoms with Crippen molar-refractivity contribution < 1.29 is 24.5 Å². The van der Waals surface area contributed by atoms with Gasteiger partial charge in [0.15, 0.2) is 17.3 Å². The molecule has 0 saturated carbocycles. The molecule has 0 radical (unpaired) electrons. The number of nitrogens with two attached hydrogens (primary N) is 1. The molecule has 1 unspecified atom stereocenters. The minimum atomic E-state index is -0.783. The average Bonchev–Trinajstić information content (AvgIpc) is 2.68. The van der Waals surface area contributed by atoms with Gasteiger partial charge in [-0.25, -0.2) is 0 Å². The van der Waals surface area contributed by atoms with Crippen LogP contribution in [-0.2, 0) is 14.3 Å². The summed E-state index contributed by atoms with van der Waals surface area (Å²) in [7, 11) is 0. The summed E-state index contributed by atoms with van der Waals surface area (Å²) in [5.41, 5.74) is 6.11. The van der Waals surface area contributed by atoms with Crippen LogP contribution in [0.2, 0.25) is 0 Å². The smallest absolute Gasteiger partial charge is 0.157 e. The van der Waals surface area contributed by atoms with Crippen LogP contribution in [0.4, 0.5) is 0 Å². The lowest BCUT2D eigenvalue weighted by Crippen LogP contribution is -2.36. The minimum absolute atomic E-state index is 0.0559. The van der Waals surface area contributed by atoms with Gasteiger partial charge in [0, 0.05) is 11.8 Å². The number of aromatic hydroxyl groups is 2. The van der Waals surface area contributed by atoms with Gasteiger partial charge >= 0.3 is 0 Å². The molecule has 1 atom stereocenters. The van der Waals surface area contributed by atoms with Crippen molar-refractivity contribution in [2.75, 3.05) is 13.2 Å². The molecule has 0 bridgehead atoms. The van der Waals surface area contributed by atoms with Crippen molar-refractivity contribution in [1.29, 1.82) is 0 Å². The van der Waals surface area contributed by atoms with Gasteiger partial charge < -0.3 is 25.4 Å². The number of phenolic OH excluding ortho intramolecular Hbond substituents is 2. The standard InChI is InChI=1S/C26H45NO5/c1-24(2,3)31-17-26(7,18-32-25(4,5)6)15-11-9-8-10-12-21(29)23(27)19-13-14-20(28)22(30)16-19/h13-14,16,23,28,30H,8-12,15,17-18,27H2,1-7H3. The summed E-state index contributed by atoms with van der Waals surface area (Å²) in [4.78, 5) is 12.4. The Morgan fingerprint density at radius 2 is 1.41 bits per heavy atom. The van der Waals surface area contributed by atoms with E-state index in [-0.39, 0.29) is 33.9 Å². The fraction of sp³-hybridized carbons (Fsp3) is 0.731. The van der Waals surface area contributed by atoms with Gasteiger partial charge in [-0.3, -0.25) is 4.79 Å². The van der Waals surface area contributed by atoms with E-state index >= 15 is 0 Å². The van der Waals surface area contributed by atoms with E-state index in [1.54, 1.807) is 6.07 Å². The number of unbranched alkanes of at least 4 members (excludes halogenated alkanes) is 3. The molecule has 32 heavy (non-hydrogen) atoms. The molecule has 0 fully saturated rings. The number of benzene rings is 1. The maximum Gasteiger partial charge on any atom is 0.157 e. The first kappa shape index (κ1) is 28.4. The Bertz CT molecular complexity index is 700. The van der Waals surface area contributed by atoms with Crippen molar-refractivity contribution in [2.24, 2.45) is 11.1 Å². The first-order valence-electron chi connectivity index (χ1n) is 11.7. The van der Waals surface area contributed by atoms with E-state index in [1.165, 1.54) is 12.1 Å². The number of carbonyl (C=O) groups is 1. The number of rotatable bonds is 13. The molecular weight excluding hydrogens is 406 g/mol. The van der Waals surface area contributed by atoms with E-state index in [9.17, 15) is 15.0 Å². The first-order chi connectivity index (χ1) is 14.6. The number of hydrogen-bond donors (Lipinski definition) is 3. The van der Waals surface area contributed by atoms with E-state index in [0.29, 0.717) is 25.2 Å². The first-order valence-corrected chi connectivity index (χ1v) is 11.7. The Hall–Kier alpha value is -1.63. The van der Waals surface area contributed by atoms with E-state index < -0.39 is 6.04 Å². The van der Waals surface area contributed by atoms with Crippen molar-refractivity contribution >= 4 is 5.78 Å². The Morgan fingerprint density at radius 3 is 1.91 bits per heavy atom. The Labute approximate surface area is 194 Å². The summed E-state index contributed by atoms with van der Waals surface area (Å²) in [5.74, 6) is -0.544. The third-order valence-electron chi connectivity index (χ3n) is 5.37. The maximum absolute atomic E-state index is 12.4. The molecule has 0 heterocycles. The number of hydrogen-bond acceptors (Lipinski definition) is 6. The molecule has 0 aliphatic rings. The third kappa shape index (κ3) is 11.3. The zero-order valence-electron chi connectivity index (χ0n) is 21.2. The number of carbonyl (C=O) groups excluding carboxylic acids is 1. The summed E-state index contributed by atoms with van der Waals surface area (Å²) in [6.45, 7) is 15.9. The van der Waals surface area contributed by atoms with Gasteiger partial charge in [-0.15, -0.1) is 0 Å². The van der Waals surface area contributed by atoms with Crippen molar-refractivity contribution in [3.05, 3.63) is 23.8 Å². The highest BCUT2D eigenvalue weighted by Gasteiger charge is 2.29. The number of ether oxygens (including phenoxy) is 2. The molecule has 0 aliphatic carbocycles. The molecule has 0 saturated heterocycles. The predicted molar refractivity (Wildman–Crippen MR) is 129 cm³/mol. The SMILES string of the molecule is CC(CCCCCCC(=O)C(N)c1ccc(O)c(O)c1)(COC(C)(C)C)COC(C)(C)C. The molecule has 6 heteroatoms. The largest absolute Gasteiger partial charge is 0.504 e. The van der Waals surface area contributed by atoms with Crippen molar-refractivity contribution in [2.45, 2.75) is 104 Å². The topological polar surface area (TPSA) is 102 Å². The minimum Gasteiger partial charge on any atom is -0.504 e. The fourth-order valence-electron chi connectivity index (χ4n) is 3.25. The Morgan fingerprint density at radius 1 is 0.875 bits per heavy atom. The van der Waals surface area contributed by atoms with E-state index in [0.717, 1.165) is 32.1 Å². The molecule has 0 spiro atoms. The number of Topliss-reactive ketones (excluding diaryl/α,β-unsaturated/α-hetero) is 1. The van der Waals surface area contributed by atoms with Crippen molar-refractivity contribution in [1.82, 2.24) is 0 Å². The lowest BCUT2D eigenvalue weighted by Gasteiger charge is -2.35. The van der Waals surface area contributed by atoms with Crippen LogP contribution in [0.15, 0.2) is 18.2 Å². The van der Waals surface area contributed by atoms with Crippen molar-refractivity contribution in [3.63, 3.8) is 0 Å². The quantitative estimate of drug-likeness (QED) is 0.265. The molecule has 184 valence electrons. The normalized spacial score (nSPS) is 13.9. The summed E-state index contributed by atoms with van der Waals surface area (Å²) in [5, 5.41) is 19.0. The van der Waals surface area contributed by atoms with Gasteiger partial charge in [0.1, 0.15) is 0 Å². The fourth-order valence-corrected chi connectivity index (χ4v) is 3.25. The lowest BCUT2D eigenvalue weighted by molar-refractivity contribution is -0.120. The van der Waals surface area contributed by atoms with Crippen LogP contribution in [0.1, 0.15) is 98.6 Å². The van der Waals surface area contributed by atoms with E-state index in [2.05, 4.69) is 48.5 Å². The van der Waals surface area contributed by atoms with E-state index in [4.69, 9.17) is 15.2 Å². The Kier molecular flexibility index (Phi) is 10.7.